The number of phenols is 1. The Morgan fingerprint density at radius 3 is 2.56 bits per heavy atom. The molecule has 0 saturated carbocycles. The highest BCUT2D eigenvalue weighted by atomic mass is 35.5. The Hall–Kier alpha value is -2.07. The van der Waals surface area contributed by atoms with Gasteiger partial charge in [0.25, 0.3) is 0 Å². The lowest BCUT2D eigenvalue weighted by atomic mass is 10.0. The molecule has 1 N–H and O–H groups in total. The minimum absolute atomic E-state index is 0.329. The molecule has 0 bridgehead atoms. The van der Waals surface area contributed by atoms with Gasteiger partial charge in [-0.25, -0.2) is 0 Å². The first-order valence-corrected chi connectivity index (χ1v) is 5.61. The lowest BCUT2D eigenvalue weighted by molar-refractivity contribution is -0.385. The van der Waals surface area contributed by atoms with Gasteiger partial charge in [0.2, 0.25) is 0 Å². The van der Waals surface area contributed by atoms with Crippen LogP contribution in [0.15, 0.2) is 36.4 Å². The van der Waals surface area contributed by atoms with Crippen LogP contribution < -0.4 is 0 Å². The molecule has 4 nitrogen and oxygen atoms in total. The number of benzene rings is 2. The van der Waals surface area contributed by atoms with Gasteiger partial charge in [0.05, 0.1) is 4.92 Å². The van der Waals surface area contributed by atoms with E-state index in [2.05, 4.69) is 0 Å². The van der Waals surface area contributed by atoms with Crippen molar-refractivity contribution >= 4 is 17.3 Å². The van der Waals surface area contributed by atoms with E-state index in [4.69, 9.17) is 11.6 Å². The quantitative estimate of drug-likeness (QED) is 0.659. The van der Waals surface area contributed by atoms with E-state index in [1.54, 1.807) is 18.2 Å². The van der Waals surface area contributed by atoms with Crippen LogP contribution in [-0.4, -0.2) is 10.0 Å². The number of hydrogen-bond donors (Lipinski definition) is 1. The number of phenolic OH excluding ortho intramolecular Hbond substituents is 1. The summed E-state index contributed by atoms with van der Waals surface area (Å²) in [6, 6.07) is 9.66. The zero-order valence-electron chi connectivity index (χ0n) is 9.55. The van der Waals surface area contributed by atoms with Crippen molar-refractivity contribution in [3.63, 3.8) is 0 Å². The lowest BCUT2D eigenvalue weighted by Gasteiger charge is -2.06. The van der Waals surface area contributed by atoms with Crippen molar-refractivity contribution in [2.75, 3.05) is 0 Å². The van der Waals surface area contributed by atoms with Gasteiger partial charge < -0.3 is 5.11 Å². The molecule has 92 valence electrons. The van der Waals surface area contributed by atoms with Gasteiger partial charge in [-0.15, -0.1) is 0 Å². The fourth-order valence-electron chi connectivity index (χ4n) is 1.69. The average molecular weight is 264 g/mol. The maximum Gasteiger partial charge on any atom is 0.311 e. The number of nitro groups is 1. The SMILES string of the molecule is Cc1ccc(-c2ccc(O)c([N+](=O)[O-])c2)c(Cl)c1. The van der Waals surface area contributed by atoms with Crippen molar-refractivity contribution in [2.24, 2.45) is 0 Å². The number of aryl methyl sites for hydroxylation is 1. The molecule has 0 unspecified atom stereocenters. The summed E-state index contributed by atoms with van der Waals surface area (Å²) in [4.78, 5) is 10.1. The Morgan fingerprint density at radius 2 is 1.94 bits per heavy atom. The summed E-state index contributed by atoms with van der Waals surface area (Å²) in [6.45, 7) is 1.91. The minimum Gasteiger partial charge on any atom is -0.502 e. The maximum atomic E-state index is 10.8. The summed E-state index contributed by atoms with van der Waals surface area (Å²) in [5.41, 5.74) is 1.98. The molecule has 0 heterocycles. The van der Waals surface area contributed by atoms with E-state index >= 15 is 0 Å². The molecule has 0 amide bonds. The third-order valence-electron chi connectivity index (χ3n) is 2.61. The number of rotatable bonds is 2. The topological polar surface area (TPSA) is 63.4 Å². The second-order valence-electron chi connectivity index (χ2n) is 3.94. The van der Waals surface area contributed by atoms with Crippen molar-refractivity contribution in [1.29, 1.82) is 0 Å². The van der Waals surface area contributed by atoms with Gasteiger partial charge in [-0.1, -0.05) is 29.8 Å². The van der Waals surface area contributed by atoms with Gasteiger partial charge in [-0.3, -0.25) is 10.1 Å². The Morgan fingerprint density at radius 1 is 1.22 bits per heavy atom. The minimum atomic E-state index is -0.624. The highest BCUT2D eigenvalue weighted by Crippen LogP contribution is 2.34. The zero-order chi connectivity index (χ0) is 13.3. The van der Waals surface area contributed by atoms with Crippen molar-refractivity contribution in [1.82, 2.24) is 0 Å². The Balaban J connectivity index is 2.58. The van der Waals surface area contributed by atoms with Gasteiger partial charge in [-0.2, -0.15) is 0 Å². The first-order chi connectivity index (χ1) is 8.49. The van der Waals surface area contributed by atoms with E-state index in [1.807, 2.05) is 13.0 Å². The van der Waals surface area contributed by atoms with Crippen LogP contribution in [-0.2, 0) is 0 Å². The Bertz CT molecular complexity index is 626. The normalized spacial score (nSPS) is 10.3. The van der Waals surface area contributed by atoms with Crippen LogP contribution in [0, 0.1) is 17.0 Å². The molecule has 0 aromatic heterocycles. The van der Waals surface area contributed by atoms with Crippen molar-refractivity contribution < 1.29 is 10.0 Å². The molecule has 0 aliphatic rings. The summed E-state index contributed by atoms with van der Waals surface area (Å²) in [6.07, 6.45) is 0. The molecule has 2 aromatic rings. The van der Waals surface area contributed by atoms with E-state index in [1.165, 1.54) is 12.1 Å². The number of aromatic hydroxyl groups is 1. The maximum absolute atomic E-state index is 10.8. The first kappa shape index (κ1) is 12.4. The summed E-state index contributed by atoms with van der Waals surface area (Å²) < 4.78 is 0. The van der Waals surface area contributed by atoms with Crippen LogP contribution >= 0.6 is 11.6 Å². The number of nitro benzene ring substituents is 1. The molecule has 18 heavy (non-hydrogen) atoms. The Kier molecular flexibility index (Phi) is 3.21. The molecule has 0 aliphatic carbocycles. The summed E-state index contributed by atoms with van der Waals surface area (Å²) in [5, 5.41) is 20.7. The average Bonchev–Trinajstić information content (AvgIpc) is 2.30. The van der Waals surface area contributed by atoms with Gasteiger partial charge in [0.1, 0.15) is 0 Å². The lowest BCUT2D eigenvalue weighted by Crippen LogP contribution is -1.90. The second-order valence-corrected chi connectivity index (χ2v) is 4.35. The van der Waals surface area contributed by atoms with Crippen LogP contribution in [0.1, 0.15) is 5.56 Å². The van der Waals surface area contributed by atoms with Crippen LogP contribution in [0.2, 0.25) is 5.02 Å². The third-order valence-corrected chi connectivity index (χ3v) is 2.92. The van der Waals surface area contributed by atoms with Gasteiger partial charge in [-0.05, 0) is 30.2 Å². The third kappa shape index (κ3) is 2.28. The predicted octanol–water partition coefficient (Wildman–Crippen LogP) is 3.93. The van der Waals surface area contributed by atoms with Gasteiger partial charge >= 0.3 is 5.69 Å². The Labute approximate surface area is 109 Å². The van der Waals surface area contributed by atoms with Crippen molar-refractivity contribution in [3.8, 4) is 16.9 Å². The molecule has 0 fully saturated rings. The van der Waals surface area contributed by atoms with E-state index in [-0.39, 0.29) is 11.4 Å². The summed E-state index contributed by atoms with van der Waals surface area (Å²) in [7, 11) is 0. The van der Waals surface area contributed by atoms with Crippen LogP contribution in [0.4, 0.5) is 5.69 Å². The van der Waals surface area contributed by atoms with Gasteiger partial charge in [0, 0.05) is 16.7 Å². The smallest absolute Gasteiger partial charge is 0.311 e. The number of halogens is 1. The molecule has 2 rings (SSSR count). The molecule has 2 aromatic carbocycles. The molecule has 0 aliphatic heterocycles. The van der Waals surface area contributed by atoms with Crippen LogP contribution in [0.3, 0.4) is 0 Å². The molecule has 0 saturated heterocycles. The van der Waals surface area contributed by atoms with Crippen molar-refractivity contribution in [2.45, 2.75) is 6.92 Å². The number of nitrogens with zero attached hydrogens (tertiary/aromatic N) is 1. The fourth-order valence-corrected chi connectivity index (χ4v) is 2.04. The molecular weight excluding hydrogens is 254 g/mol. The van der Waals surface area contributed by atoms with E-state index in [0.29, 0.717) is 16.1 Å². The summed E-state index contributed by atoms with van der Waals surface area (Å²) in [5.74, 6) is -0.355. The highest BCUT2D eigenvalue weighted by Gasteiger charge is 2.15. The van der Waals surface area contributed by atoms with Crippen molar-refractivity contribution in [3.05, 3.63) is 57.1 Å². The van der Waals surface area contributed by atoms with E-state index in [0.717, 1.165) is 5.56 Å². The molecule has 0 spiro atoms. The summed E-state index contributed by atoms with van der Waals surface area (Å²) >= 11 is 6.10. The monoisotopic (exact) mass is 263 g/mol. The molecular formula is C13H10ClNO3. The van der Waals surface area contributed by atoms with Crippen LogP contribution in [0.5, 0.6) is 5.75 Å². The fraction of sp³-hybridized carbons (Fsp3) is 0.0769. The molecule has 0 atom stereocenters. The second kappa shape index (κ2) is 4.66. The van der Waals surface area contributed by atoms with E-state index < -0.39 is 4.92 Å². The zero-order valence-corrected chi connectivity index (χ0v) is 10.3. The highest BCUT2D eigenvalue weighted by molar-refractivity contribution is 6.33. The first-order valence-electron chi connectivity index (χ1n) is 5.23. The van der Waals surface area contributed by atoms with Crippen LogP contribution in [0.25, 0.3) is 11.1 Å². The molecule has 5 heteroatoms. The van der Waals surface area contributed by atoms with E-state index in [9.17, 15) is 15.2 Å². The standard InChI is InChI=1S/C13H10ClNO3/c1-8-2-4-10(11(14)6-8)9-3-5-13(16)12(7-9)15(17)18/h2-7,16H,1H3. The molecule has 0 radical (unpaired) electrons. The number of hydrogen-bond acceptors (Lipinski definition) is 3. The predicted molar refractivity (Wildman–Crippen MR) is 69.9 cm³/mol. The largest absolute Gasteiger partial charge is 0.502 e. The van der Waals surface area contributed by atoms with Gasteiger partial charge in [0.15, 0.2) is 5.75 Å².